The van der Waals surface area contributed by atoms with Crippen LogP contribution < -0.4 is 5.73 Å². The van der Waals surface area contributed by atoms with Gasteiger partial charge in [-0.15, -0.1) is 0 Å². The molecule has 0 spiro atoms. The van der Waals surface area contributed by atoms with Crippen molar-refractivity contribution >= 4 is 11.9 Å². The summed E-state index contributed by atoms with van der Waals surface area (Å²) in [5.41, 5.74) is 3.22. The van der Waals surface area contributed by atoms with Crippen LogP contribution in [0, 0.1) is 5.41 Å². The van der Waals surface area contributed by atoms with Crippen LogP contribution in [0.25, 0.3) is 0 Å². The lowest BCUT2D eigenvalue weighted by atomic mass is 9.86. The van der Waals surface area contributed by atoms with Gasteiger partial charge in [-0.05, 0) is 26.2 Å². The van der Waals surface area contributed by atoms with Crippen molar-refractivity contribution in [2.75, 3.05) is 0 Å². The summed E-state index contributed by atoms with van der Waals surface area (Å²) in [6, 6.07) is 0. The third-order valence-electron chi connectivity index (χ3n) is 2.77. The predicted molar refractivity (Wildman–Crippen MR) is 44.1 cm³/mol. The molecule has 1 fully saturated rings. The Morgan fingerprint density at radius 2 is 1.77 bits per heavy atom. The van der Waals surface area contributed by atoms with E-state index in [0.717, 1.165) is 0 Å². The summed E-state index contributed by atoms with van der Waals surface area (Å²) < 4.78 is 0. The SMILES string of the molecule is C[C@@]1(C(=O)O)CC[C@@](N)(C(=O)O)C1. The van der Waals surface area contributed by atoms with Gasteiger partial charge in [-0.2, -0.15) is 0 Å². The quantitative estimate of drug-likeness (QED) is 0.566. The van der Waals surface area contributed by atoms with Crippen molar-refractivity contribution in [3.63, 3.8) is 0 Å². The molecule has 0 radical (unpaired) electrons. The molecular weight excluding hydrogens is 174 g/mol. The normalized spacial score (nSPS) is 38.9. The van der Waals surface area contributed by atoms with Gasteiger partial charge >= 0.3 is 11.9 Å². The number of carbonyl (C=O) groups is 2. The Kier molecular flexibility index (Phi) is 2.07. The van der Waals surface area contributed by atoms with Gasteiger partial charge in [-0.25, -0.2) is 0 Å². The molecule has 13 heavy (non-hydrogen) atoms. The number of nitrogens with two attached hydrogens (primary N) is 1. The summed E-state index contributed by atoms with van der Waals surface area (Å²) in [4.78, 5) is 21.5. The smallest absolute Gasteiger partial charge is 0.323 e. The highest BCUT2D eigenvalue weighted by molar-refractivity contribution is 5.83. The first-order valence-electron chi connectivity index (χ1n) is 4.06. The second-order valence-electron chi connectivity index (χ2n) is 4.00. The van der Waals surface area contributed by atoms with Gasteiger partial charge in [-0.1, -0.05) is 0 Å². The standard InChI is InChI=1S/C8H13NO4/c1-7(5(10)11)2-3-8(9,4-7)6(12)13/h2-4,9H2,1H3,(H,10,11)(H,12,13)/t7-,8+/m1/s1. The van der Waals surface area contributed by atoms with Gasteiger partial charge < -0.3 is 15.9 Å². The maximum absolute atomic E-state index is 10.8. The highest BCUT2D eigenvalue weighted by Gasteiger charge is 2.51. The van der Waals surface area contributed by atoms with E-state index < -0.39 is 22.9 Å². The van der Waals surface area contributed by atoms with E-state index >= 15 is 0 Å². The molecule has 0 amide bonds. The fraction of sp³-hybridized carbons (Fsp3) is 0.750. The fourth-order valence-corrected chi connectivity index (χ4v) is 1.74. The Balaban J connectivity index is 2.85. The van der Waals surface area contributed by atoms with Gasteiger partial charge in [0.15, 0.2) is 0 Å². The minimum Gasteiger partial charge on any atom is -0.481 e. The zero-order chi connectivity index (χ0) is 10.3. The molecule has 1 aliphatic carbocycles. The van der Waals surface area contributed by atoms with Crippen LogP contribution in [0.2, 0.25) is 0 Å². The molecule has 0 aliphatic heterocycles. The van der Waals surface area contributed by atoms with E-state index in [4.69, 9.17) is 15.9 Å². The van der Waals surface area contributed by atoms with Crippen molar-refractivity contribution < 1.29 is 19.8 Å². The van der Waals surface area contributed by atoms with Crippen LogP contribution in [-0.2, 0) is 9.59 Å². The maximum Gasteiger partial charge on any atom is 0.323 e. The van der Waals surface area contributed by atoms with Crippen LogP contribution in [0.5, 0.6) is 0 Å². The number of hydrogen-bond acceptors (Lipinski definition) is 3. The van der Waals surface area contributed by atoms with Gasteiger partial charge in [0.25, 0.3) is 0 Å². The van der Waals surface area contributed by atoms with E-state index in [1.54, 1.807) is 0 Å². The molecule has 4 N–H and O–H groups in total. The van der Waals surface area contributed by atoms with E-state index in [-0.39, 0.29) is 12.8 Å². The summed E-state index contributed by atoms with van der Waals surface area (Å²) in [6.07, 6.45) is 0.556. The molecule has 74 valence electrons. The van der Waals surface area contributed by atoms with Gasteiger partial charge in [-0.3, -0.25) is 9.59 Å². The van der Waals surface area contributed by atoms with Gasteiger partial charge in [0.2, 0.25) is 0 Å². The minimum atomic E-state index is -1.35. The summed E-state index contributed by atoms with van der Waals surface area (Å²) in [5.74, 6) is -2.08. The summed E-state index contributed by atoms with van der Waals surface area (Å²) in [5, 5.41) is 17.6. The average Bonchev–Trinajstić information content (AvgIpc) is 2.30. The molecule has 0 unspecified atom stereocenters. The Hall–Kier alpha value is -1.10. The van der Waals surface area contributed by atoms with Gasteiger partial charge in [0.05, 0.1) is 5.41 Å². The van der Waals surface area contributed by atoms with Crippen molar-refractivity contribution in [1.82, 2.24) is 0 Å². The third kappa shape index (κ3) is 1.51. The average molecular weight is 187 g/mol. The summed E-state index contributed by atoms with van der Waals surface area (Å²) in [6.45, 7) is 1.53. The van der Waals surface area contributed by atoms with Crippen LogP contribution in [-0.4, -0.2) is 27.7 Å². The largest absolute Gasteiger partial charge is 0.481 e. The number of rotatable bonds is 2. The fourth-order valence-electron chi connectivity index (χ4n) is 1.74. The van der Waals surface area contributed by atoms with E-state index in [1.807, 2.05) is 0 Å². The van der Waals surface area contributed by atoms with Crippen molar-refractivity contribution in [3.05, 3.63) is 0 Å². The van der Waals surface area contributed by atoms with Crippen LogP contribution in [0.15, 0.2) is 0 Å². The Labute approximate surface area is 75.5 Å². The first kappa shape index (κ1) is 9.98. The third-order valence-corrected chi connectivity index (χ3v) is 2.77. The number of carboxylic acids is 2. The molecule has 0 heterocycles. The number of aliphatic carboxylic acids is 2. The molecule has 0 aromatic rings. The molecule has 0 aromatic heterocycles. The Bertz CT molecular complexity index is 239. The topological polar surface area (TPSA) is 101 Å². The van der Waals surface area contributed by atoms with Crippen molar-refractivity contribution in [3.8, 4) is 0 Å². The monoisotopic (exact) mass is 187 g/mol. The molecule has 0 bridgehead atoms. The molecule has 2 atom stereocenters. The van der Waals surface area contributed by atoms with E-state index in [1.165, 1.54) is 6.92 Å². The summed E-state index contributed by atoms with van der Waals surface area (Å²) >= 11 is 0. The number of carboxylic acid groups (broad SMARTS) is 2. The minimum absolute atomic E-state index is 0.00463. The van der Waals surface area contributed by atoms with Crippen LogP contribution in [0.3, 0.4) is 0 Å². The predicted octanol–water partition coefficient (Wildman–Crippen LogP) is 0.0433. The van der Waals surface area contributed by atoms with E-state index in [9.17, 15) is 9.59 Å². The molecule has 0 saturated heterocycles. The lowest BCUT2D eigenvalue weighted by Crippen LogP contribution is -2.46. The first-order valence-corrected chi connectivity index (χ1v) is 4.06. The van der Waals surface area contributed by atoms with E-state index in [2.05, 4.69) is 0 Å². The molecule has 5 nitrogen and oxygen atoms in total. The Morgan fingerprint density at radius 3 is 2.00 bits per heavy atom. The highest BCUT2D eigenvalue weighted by Crippen LogP contribution is 2.42. The Morgan fingerprint density at radius 1 is 1.23 bits per heavy atom. The zero-order valence-corrected chi connectivity index (χ0v) is 7.41. The molecule has 1 saturated carbocycles. The number of hydrogen-bond donors (Lipinski definition) is 3. The summed E-state index contributed by atoms with van der Waals surface area (Å²) in [7, 11) is 0. The molecule has 1 aliphatic rings. The van der Waals surface area contributed by atoms with Crippen molar-refractivity contribution in [1.29, 1.82) is 0 Å². The molecular formula is C8H13NO4. The van der Waals surface area contributed by atoms with E-state index in [0.29, 0.717) is 6.42 Å². The second kappa shape index (κ2) is 2.70. The lowest BCUT2D eigenvalue weighted by molar-refractivity contribution is -0.148. The second-order valence-corrected chi connectivity index (χ2v) is 4.00. The van der Waals surface area contributed by atoms with Crippen LogP contribution in [0.4, 0.5) is 0 Å². The zero-order valence-electron chi connectivity index (χ0n) is 7.41. The van der Waals surface area contributed by atoms with Crippen LogP contribution >= 0.6 is 0 Å². The van der Waals surface area contributed by atoms with Gasteiger partial charge in [0.1, 0.15) is 5.54 Å². The maximum atomic E-state index is 10.8. The molecule has 0 aromatic carbocycles. The molecule has 1 rings (SSSR count). The van der Waals surface area contributed by atoms with Crippen molar-refractivity contribution in [2.45, 2.75) is 31.7 Å². The molecule has 5 heteroatoms. The highest BCUT2D eigenvalue weighted by atomic mass is 16.4. The van der Waals surface area contributed by atoms with Crippen molar-refractivity contribution in [2.24, 2.45) is 11.1 Å². The van der Waals surface area contributed by atoms with Crippen LogP contribution in [0.1, 0.15) is 26.2 Å². The van der Waals surface area contributed by atoms with Gasteiger partial charge in [0, 0.05) is 0 Å². The lowest BCUT2D eigenvalue weighted by Gasteiger charge is -2.21. The first-order chi connectivity index (χ1) is 5.80.